The second-order valence-corrected chi connectivity index (χ2v) is 7.55. The van der Waals surface area contributed by atoms with Gasteiger partial charge in [-0.15, -0.1) is 0 Å². The molecule has 0 amide bonds. The SMILES string of the molecule is CCCCCCCCCCCCC(C)(CBr)C1CC1. The average molecular weight is 331 g/mol. The molecule has 19 heavy (non-hydrogen) atoms. The highest BCUT2D eigenvalue weighted by Crippen LogP contribution is 2.49. The summed E-state index contributed by atoms with van der Waals surface area (Å²) in [5, 5.41) is 1.21. The lowest BCUT2D eigenvalue weighted by Gasteiger charge is -2.27. The first-order chi connectivity index (χ1) is 9.23. The van der Waals surface area contributed by atoms with Crippen molar-refractivity contribution in [2.75, 3.05) is 5.33 Å². The molecule has 0 nitrogen and oxygen atoms in total. The monoisotopic (exact) mass is 330 g/mol. The summed E-state index contributed by atoms with van der Waals surface area (Å²) in [6.07, 6.45) is 19.0. The van der Waals surface area contributed by atoms with Gasteiger partial charge >= 0.3 is 0 Å². The number of hydrogen-bond donors (Lipinski definition) is 0. The number of alkyl halides is 1. The van der Waals surface area contributed by atoms with Crippen molar-refractivity contribution in [3.8, 4) is 0 Å². The third-order valence-electron chi connectivity index (χ3n) is 4.97. The fourth-order valence-corrected chi connectivity index (χ4v) is 3.91. The molecule has 0 aliphatic heterocycles. The van der Waals surface area contributed by atoms with E-state index < -0.39 is 0 Å². The molecule has 0 radical (unpaired) electrons. The van der Waals surface area contributed by atoms with Crippen molar-refractivity contribution in [1.29, 1.82) is 0 Å². The van der Waals surface area contributed by atoms with Crippen molar-refractivity contribution in [3.63, 3.8) is 0 Å². The summed E-state index contributed by atoms with van der Waals surface area (Å²) in [6, 6.07) is 0. The number of halogens is 1. The smallest absolute Gasteiger partial charge is 0.00879 e. The average Bonchev–Trinajstić information content (AvgIpc) is 3.25. The molecule has 1 unspecified atom stereocenters. The minimum atomic E-state index is 0.611. The van der Waals surface area contributed by atoms with Gasteiger partial charge in [-0.2, -0.15) is 0 Å². The zero-order valence-corrected chi connectivity index (χ0v) is 14.9. The molecule has 0 saturated heterocycles. The minimum absolute atomic E-state index is 0.611. The highest BCUT2D eigenvalue weighted by molar-refractivity contribution is 9.09. The van der Waals surface area contributed by atoms with Gasteiger partial charge in [-0.1, -0.05) is 94.0 Å². The summed E-state index contributed by atoms with van der Waals surface area (Å²) in [7, 11) is 0. The van der Waals surface area contributed by atoms with E-state index in [-0.39, 0.29) is 0 Å². The fourth-order valence-electron chi connectivity index (χ4n) is 3.18. The van der Waals surface area contributed by atoms with Crippen LogP contribution < -0.4 is 0 Å². The summed E-state index contributed by atoms with van der Waals surface area (Å²) in [5.74, 6) is 1.03. The van der Waals surface area contributed by atoms with Crippen LogP contribution >= 0.6 is 15.9 Å². The zero-order chi connectivity index (χ0) is 14.0. The fraction of sp³-hybridized carbons (Fsp3) is 1.00. The van der Waals surface area contributed by atoms with Crippen molar-refractivity contribution in [2.24, 2.45) is 11.3 Å². The van der Waals surface area contributed by atoms with Crippen molar-refractivity contribution in [1.82, 2.24) is 0 Å². The summed E-state index contributed by atoms with van der Waals surface area (Å²) >= 11 is 3.74. The van der Waals surface area contributed by atoms with Crippen LogP contribution in [0.4, 0.5) is 0 Å². The Bertz CT molecular complexity index is 210. The molecular weight excluding hydrogens is 296 g/mol. The van der Waals surface area contributed by atoms with Gasteiger partial charge in [-0.25, -0.2) is 0 Å². The molecule has 1 aliphatic carbocycles. The molecule has 0 heterocycles. The molecule has 0 aromatic heterocycles. The largest absolute Gasteiger partial charge is 0.0922 e. The first-order valence-corrected chi connectivity index (χ1v) is 9.91. The lowest BCUT2D eigenvalue weighted by Crippen LogP contribution is -2.20. The van der Waals surface area contributed by atoms with Gasteiger partial charge in [0.05, 0.1) is 0 Å². The normalized spacial score (nSPS) is 18.5. The van der Waals surface area contributed by atoms with E-state index in [4.69, 9.17) is 0 Å². The van der Waals surface area contributed by atoms with Gasteiger partial charge in [0.15, 0.2) is 0 Å². The van der Waals surface area contributed by atoms with E-state index in [1.165, 1.54) is 88.8 Å². The van der Waals surface area contributed by atoms with Gasteiger partial charge in [0.2, 0.25) is 0 Å². The molecular formula is C18H35Br. The number of unbranched alkanes of at least 4 members (excludes halogenated alkanes) is 9. The number of hydrogen-bond acceptors (Lipinski definition) is 0. The Morgan fingerprint density at radius 1 is 0.842 bits per heavy atom. The van der Waals surface area contributed by atoms with Gasteiger partial charge in [0, 0.05) is 5.33 Å². The molecule has 0 spiro atoms. The number of rotatable bonds is 13. The first-order valence-electron chi connectivity index (χ1n) is 8.79. The van der Waals surface area contributed by atoms with Crippen LogP contribution in [0.1, 0.15) is 97.3 Å². The van der Waals surface area contributed by atoms with Gasteiger partial charge in [0.25, 0.3) is 0 Å². The Morgan fingerprint density at radius 2 is 1.32 bits per heavy atom. The molecule has 1 saturated carbocycles. The van der Waals surface area contributed by atoms with Crippen molar-refractivity contribution in [3.05, 3.63) is 0 Å². The van der Waals surface area contributed by atoms with Crippen LogP contribution in [0.3, 0.4) is 0 Å². The van der Waals surface area contributed by atoms with E-state index in [1.54, 1.807) is 0 Å². The van der Waals surface area contributed by atoms with Gasteiger partial charge in [-0.05, 0) is 30.6 Å². The second kappa shape index (κ2) is 10.2. The van der Waals surface area contributed by atoms with Crippen LogP contribution in [-0.4, -0.2) is 5.33 Å². The maximum Gasteiger partial charge on any atom is 0.00879 e. The maximum absolute atomic E-state index is 3.74. The highest BCUT2D eigenvalue weighted by atomic mass is 79.9. The van der Waals surface area contributed by atoms with Gasteiger partial charge < -0.3 is 0 Å². The molecule has 0 N–H and O–H groups in total. The Morgan fingerprint density at radius 3 is 1.74 bits per heavy atom. The Balaban J connectivity index is 1.85. The van der Waals surface area contributed by atoms with Crippen LogP contribution in [0.5, 0.6) is 0 Å². The van der Waals surface area contributed by atoms with E-state index in [0.29, 0.717) is 5.41 Å². The molecule has 1 heteroatoms. The van der Waals surface area contributed by atoms with E-state index in [2.05, 4.69) is 29.8 Å². The molecule has 0 bridgehead atoms. The molecule has 1 fully saturated rings. The molecule has 1 atom stereocenters. The lowest BCUT2D eigenvalue weighted by molar-refractivity contribution is 0.281. The van der Waals surface area contributed by atoms with Crippen LogP contribution in [-0.2, 0) is 0 Å². The third kappa shape index (κ3) is 7.73. The van der Waals surface area contributed by atoms with Gasteiger partial charge in [0.1, 0.15) is 0 Å². The first kappa shape index (κ1) is 17.5. The summed E-state index contributed by atoms with van der Waals surface area (Å²) in [6.45, 7) is 4.79. The lowest BCUT2D eigenvalue weighted by atomic mass is 9.82. The second-order valence-electron chi connectivity index (χ2n) is 6.99. The van der Waals surface area contributed by atoms with E-state index >= 15 is 0 Å². The van der Waals surface area contributed by atoms with Crippen LogP contribution in [0.25, 0.3) is 0 Å². The topological polar surface area (TPSA) is 0 Å². The van der Waals surface area contributed by atoms with E-state index in [0.717, 1.165) is 5.92 Å². The van der Waals surface area contributed by atoms with E-state index in [9.17, 15) is 0 Å². The van der Waals surface area contributed by atoms with Crippen LogP contribution in [0.15, 0.2) is 0 Å². The van der Waals surface area contributed by atoms with Crippen molar-refractivity contribution >= 4 is 15.9 Å². The summed E-state index contributed by atoms with van der Waals surface area (Å²) in [5.41, 5.74) is 0.611. The molecule has 1 aliphatic rings. The molecule has 114 valence electrons. The maximum atomic E-state index is 3.74. The zero-order valence-electron chi connectivity index (χ0n) is 13.4. The van der Waals surface area contributed by atoms with Crippen molar-refractivity contribution in [2.45, 2.75) is 97.3 Å². The third-order valence-corrected chi connectivity index (χ3v) is 6.25. The minimum Gasteiger partial charge on any atom is -0.0922 e. The summed E-state index contributed by atoms with van der Waals surface area (Å²) in [4.78, 5) is 0. The van der Waals surface area contributed by atoms with Crippen molar-refractivity contribution < 1.29 is 0 Å². The van der Waals surface area contributed by atoms with Crippen LogP contribution in [0.2, 0.25) is 0 Å². The predicted octanol–water partition coefficient (Wildman–Crippen LogP) is 7.11. The van der Waals surface area contributed by atoms with E-state index in [1.807, 2.05) is 0 Å². The van der Waals surface area contributed by atoms with Crippen LogP contribution in [0, 0.1) is 11.3 Å². The molecule has 0 aromatic carbocycles. The highest BCUT2D eigenvalue weighted by Gasteiger charge is 2.39. The predicted molar refractivity (Wildman–Crippen MR) is 91.1 cm³/mol. The molecule has 0 aromatic rings. The standard InChI is InChI=1S/C18H35Br/c1-3-4-5-6-7-8-9-10-11-12-15-18(2,16-19)17-13-14-17/h17H,3-16H2,1-2H3. The Kier molecular flexibility index (Phi) is 9.45. The quantitative estimate of drug-likeness (QED) is 0.249. The Hall–Kier alpha value is 0.480. The summed E-state index contributed by atoms with van der Waals surface area (Å²) < 4.78 is 0. The Labute approximate surface area is 130 Å². The van der Waals surface area contributed by atoms with Gasteiger partial charge in [-0.3, -0.25) is 0 Å². The molecule has 1 rings (SSSR count).